The van der Waals surface area contributed by atoms with Crippen molar-refractivity contribution < 1.29 is 8.60 Å². The van der Waals surface area contributed by atoms with Crippen molar-refractivity contribution in [3.05, 3.63) is 24.0 Å². The minimum atomic E-state index is -1.10. The highest BCUT2D eigenvalue weighted by molar-refractivity contribution is 7.85. The van der Waals surface area contributed by atoms with Crippen LogP contribution in [0.15, 0.2) is 23.1 Å². The van der Waals surface area contributed by atoms with Gasteiger partial charge >= 0.3 is 0 Å². The summed E-state index contributed by atoms with van der Waals surface area (Å²) in [5, 5.41) is 0. The summed E-state index contributed by atoms with van der Waals surface area (Å²) in [5.74, 6) is 0.124. The lowest BCUT2D eigenvalue weighted by molar-refractivity contribution is 0.619. The van der Waals surface area contributed by atoms with E-state index in [4.69, 9.17) is 5.73 Å². The van der Waals surface area contributed by atoms with Crippen LogP contribution in [0.25, 0.3) is 0 Å². The Hall–Kier alpha value is -0.900. The predicted octanol–water partition coefficient (Wildman–Crippen LogP) is 3.88. The molecule has 1 aromatic carbocycles. The highest BCUT2D eigenvalue weighted by atomic mass is 32.2. The van der Waals surface area contributed by atoms with E-state index in [-0.39, 0.29) is 5.69 Å². The fourth-order valence-corrected chi connectivity index (χ4v) is 2.94. The monoisotopic (exact) mass is 271 g/mol. The molecule has 1 aromatic rings. The van der Waals surface area contributed by atoms with Gasteiger partial charge in [0.05, 0.1) is 16.5 Å². The molecule has 2 nitrogen and oxygen atoms in total. The number of hydrogen-bond acceptors (Lipinski definition) is 2. The van der Waals surface area contributed by atoms with E-state index in [9.17, 15) is 8.60 Å². The fraction of sp³-hybridized carbons (Fsp3) is 0.571. The van der Waals surface area contributed by atoms with Crippen LogP contribution in [0.2, 0.25) is 0 Å². The molecule has 0 heterocycles. The van der Waals surface area contributed by atoms with Gasteiger partial charge in [0.1, 0.15) is 5.82 Å². The second kappa shape index (κ2) is 8.25. The van der Waals surface area contributed by atoms with Crippen LogP contribution in [-0.4, -0.2) is 9.96 Å². The molecule has 0 aliphatic heterocycles. The van der Waals surface area contributed by atoms with Crippen LogP contribution in [0.1, 0.15) is 45.4 Å². The molecule has 0 bridgehead atoms. The average Bonchev–Trinajstić information content (AvgIpc) is 2.36. The maximum absolute atomic E-state index is 13.2. The van der Waals surface area contributed by atoms with Crippen molar-refractivity contribution in [1.29, 1.82) is 0 Å². The maximum Gasteiger partial charge on any atom is 0.147 e. The molecule has 1 rings (SSSR count). The zero-order valence-corrected chi connectivity index (χ0v) is 11.8. The molecular formula is C14H22FNOS. The van der Waals surface area contributed by atoms with E-state index in [1.807, 2.05) is 0 Å². The minimum absolute atomic E-state index is 0.107. The topological polar surface area (TPSA) is 43.1 Å². The van der Waals surface area contributed by atoms with Gasteiger partial charge in [-0.05, 0) is 24.6 Å². The van der Waals surface area contributed by atoms with Gasteiger partial charge in [0.15, 0.2) is 0 Å². The second-order valence-corrected chi connectivity index (χ2v) is 6.07. The maximum atomic E-state index is 13.2. The molecule has 4 heteroatoms. The number of nitrogens with two attached hydrogens (primary N) is 1. The molecule has 0 saturated heterocycles. The highest BCUT2D eigenvalue weighted by Gasteiger charge is 2.06. The molecule has 2 N–H and O–H groups in total. The van der Waals surface area contributed by atoms with Crippen molar-refractivity contribution in [3.63, 3.8) is 0 Å². The van der Waals surface area contributed by atoms with Gasteiger partial charge in [0.25, 0.3) is 0 Å². The van der Waals surface area contributed by atoms with E-state index in [1.54, 1.807) is 6.07 Å². The summed E-state index contributed by atoms with van der Waals surface area (Å²) >= 11 is 0. The van der Waals surface area contributed by atoms with Gasteiger partial charge in [-0.1, -0.05) is 39.0 Å². The molecule has 0 amide bonds. The summed E-state index contributed by atoms with van der Waals surface area (Å²) in [5.41, 5.74) is 5.49. The standard InChI is InChI=1S/C14H22FNOS/c1-2-3-4-5-6-7-10-18(17)12-8-9-14(16)13(15)11-12/h8-9,11H,2-7,10,16H2,1H3. The molecule has 0 aliphatic carbocycles. The SMILES string of the molecule is CCCCCCCCS(=O)c1ccc(N)c(F)c1. The zero-order valence-electron chi connectivity index (χ0n) is 11.0. The molecule has 18 heavy (non-hydrogen) atoms. The van der Waals surface area contributed by atoms with Gasteiger partial charge in [-0.25, -0.2) is 4.39 Å². The first kappa shape index (κ1) is 15.2. The summed E-state index contributed by atoms with van der Waals surface area (Å²) in [6.07, 6.45) is 6.98. The van der Waals surface area contributed by atoms with E-state index in [0.717, 1.165) is 12.8 Å². The molecule has 0 spiro atoms. The van der Waals surface area contributed by atoms with Crippen LogP contribution < -0.4 is 5.73 Å². The third-order valence-electron chi connectivity index (χ3n) is 2.92. The van der Waals surface area contributed by atoms with E-state index >= 15 is 0 Å². The van der Waals surface area contributed by atoms with Gasteiger partial charge in [-0.2, -0.15) is 0 Å². The zero-order chi connectivity index (χ0) is 13.4. The van der Waals surface area contributed by atoms with Crippen LogP contribution in [0, 0.1) is 5.82 Å². The van der Waals surface area contributed by atoms with Crippen molar-refractivity contribution >= 4 is 16.5 Å². The third kappa shape index (κ3) is 5.17. The molecule has 1 unspecified atom stereocenters. The number of hydrogen-bond donors (Lipinski definition) is 1. The van der Waals surface area contributed by atoms with Crippen molar-refractivity contribution in [3.8, 4) is 0 Å². The lowest BCUT2D eigenvalue weighted by Gasteiger charge is -2.04. The summed E-state index contributed by atoms with van der Waals surface area (Å²) in [4.78, 5) is 0.537. The molecular weight excluding hydrogens is 249 g/mol. The summed E-state index contributed by atoms with van der Waals surface area (Å²) in [6, 6.07) is 4.40. The van der Waals surface area contributed by atoms with Crippen molar-refractivity contribution in [1.82, 2.24) is 0 Å². The Bertz CT molecular complexity index is 395. The quantitative estimate of drug-likeness (QED) is 0.576. The largest absolute Gasteiger partial charge is 0.396 e. The normalized spacial score (nSPS) is 12.6. The van der Waals surface area contributed by atoms with Crippen LogP contribution in [0.3, 0.4) is 0 Å². The van der Waals surface area contributed by atoms with Gasteiger partial charge in [0.2, 0.25) is 0 Å². The van der Waals surface area contributed by atoms with E-state index in [1.165, 1.54) is 37.8 Å². The molecule has 0 saturated carbocycles. The Morgan fingerprint density at radius 2 is 1.83 bits per heavy atom. The summed E-state index contributed by atoms with van der Waals surface area (Å²) in [7, 11) is -1.10. The Labute approximate surface area is 111 Å². The van der Waals surface area contributed by atoms with Gasteiger partial charge < -0.3 is 5.73 Å². The number of anilines is 1. The van der Waals surface area contributed by atoms with E-state index in [2.05, 4.69) is 6.92 Å². The van der Waals surface area contributed by atoms with Crippen LogP contribution in [0.4, 0.5) is 10.1 Å². The Balaban J connectivity index is 2.30. The van der Waals surface area contributed by atoms with Gasteiger partial charge in [-0.15, -0.1) is 0 Å². The number of rotatable bonds is 8. The fourth-order valence-electron chi connectivity index (χ4n) is 1.78. The van der Waals surface area contributed by atoms with Gasteiger partial charge in [-0.3, -0.25) is 4.21 Å². The summed E-state index contributed by atoms with van der Waals surface area (Å²) in [6.45, 7) is 2.19. The van der Waals surface area contributed by atoms with Crippen molar-refractivity contribution in [2.45, 2.75) is 50.3 Å². The smallest absolute Gasteiger partial charge is 0.147 e. The lowest BCUT2D eigenvalue weighted by Crippen LogP contribution is -2.00. The second-order valence-electron chi connectivity index (χ2n) is 4.50. The van der Waals surface area contributed by atoms with Gasteiger partial charge in [0, 0.05) is 10.6 Å². The highest BCUT2D eigenvalue weighted by Crippen LogP contribution is 2.16. The Kier molecular flexibility index (Phi) is 6.94. The number of benzene rings is 1. The first-order valence-electron chi connectivity index (χ1n) is 6.58. The Morgan fingerprint density at radius 3 is 2.50 bits per heavy atom. The van der Waals surface area contributed by atoms with E-state index < -0.39 is 16.6 Å². The molecule has 0 radical (unpaired) electrons. The first-order valence-corrected chi connectivity index (χ1v) is 7.90. The third-order valence-corrected chi connectivity index (χ3v) is 4.36. The molecule has 1 atom stereocenters. The summed E-state index contributed by atoms with van der Waals surface area (Å²) < 4.78 is 25.1. The number of halogens is 1. The van der Waals surface area contributed by atoms with Crippen molar-refractivity contribution in [2.75, 3.05) is 11.5 Å². The van der Waals surface area contributed by atoms with Crippen LogP contribution in [-0.2, 0) is 10.8 Å². The predicted molar refractivity (Wildman–Crippen MR) is 75.5 cm³/mol. The van der Waals surface area contributed by atoms with Crippen LogP contribution in [0.5, 0.6) is 0 Å². The Morgan fingerprint density at radius 1 is 1.17 bits per heavy atom. The average molecular weight is 271 g/mol. The number of unbranched alkanes of at least 4 members (excludes halogenated alkanes) is 5. The molecule has 0 aliphatic rings. The molecule has 0 fully saturated rings. The molecule has 0 aromatic heterocycles. The number of nitrogen functional groups attached to an aromatic ring is 1. The van der Waals surface area contributed by atoms with Crippen LogP contribution >= 0.6 is 0 Å². The van der Waals surface area contributed by atoms with Crippen molar-refractivity contribution in [2.24, 2.45) is 0 Å². The minimum Gasteiger partial charge on any atom is -0.396 e. The first-order chi connectivity index (χ1) is 8.65. The molecule has 102 valence electrons. The van der Waals surface area contributed by atoms with E-state index in [0.29, 0.717) is 10.6 Å². The lowest BCUT2D eigenvalue weighted by atomic mass is 10.1.